The lowest BCUT2D eigenvalue weighted by molar-refractivity contribution is -0.00320. The van der Waals surface area contributed by atoms with E-state index in [0.29, 0.717) is 6.10 Å². The summed E-state index contributed by atoms with van der Waals surface area (Å²) in [4.78, 5) is 0. The van der Waals surface area contributed by atoms with Crippen molar-refractivity contribution in [1.29, 1.82) is 0 Å². The van der Waals surface area contributed by atoms with Gasteiger partial charge < -0.3 is 4.74 Å². The van der Waals surface area contributed by atoms with E-state index in [0.717, 1.165) is 30.3 Å². The van der Waals surface area contributed by atoms with E-state index in [1.165, 1.54) is 89.9 Å². The molecule has 1 nitrogen and oxygen atoms in total. The van der Waals surface area contributed by atoms with Gasteiger partial charge in [-0.05, 0) is 105 Å². The molecular weight excluding hydrogens is 376 g/mol. The molecule has 0 aliphatic heterocycles. The summed E-state index contributed by atoms with van der Waals surface area (Å²) in [6, 6.07) is 7.65. The molecule has 1 heteroatoms. The zero-order chi connectivity index (χ0) is 21.5. The van der Waals surface area contributed by atoms with E-state index in [1.54, 1.807) is 16.7 Å². The van der Waals surface area contributed by atoms with Gasteiger partial charge in [0, 0.05) is 0 Å². The van der Waals surface area contributed by atoms with Gasteiger partial charge in [0.15, 0.2) is 0 Å². The number of hydrogen-bond donors (Lipinski definition) is 0. The summed E-state index contributed by atoms with van der Waals surface area (Å²) < 4.78 is 6.10. The Bertz CT molecular complexity index is 704. The Labute approximate surface area is 192 Å². The highest BCUT2D eigenvalue weighted by atomic mass is 16.5. The van der Waals surface area contributed by atoms with E-state index in [4.69, 9.17) is 4.74 Å². The zero-order valence-electron chi connectivity index (χ0n) is 20.3. The fraction of sp³-hybridized carbons (Fsp3) is 0.733. The van der Waals surface area contributed by atoms with Crippen LogP contribution in [0.3, 0.4) is 0 Å². The van der Waals surface area contributed by atoms with Crippen molar-refractivity contribution >= 4 is 0 Å². The topological polar surface area (TPSA) is 9.23 Å². The number of rotatable bonds is 9. The third-order valence-electron chi connectivity index (χ3n) is 8.73. The predicted molar refractivity (Wildman–Crippen MR) is 133 cm³/mol. The predicted octanol–water partition coefficient (Wildman–Crippen LogP) is 8.41. The molecule has 3 aliphatic carbocycles. The molecule has 0 radical (unpaired) electrons. The first-order valence-corrected chi connectivity index (χ1v) is 13.6. The van der Waals surface area contributed by atoms with Crippen LogP contribution in [-0.4, -0.2) is 12.7 Å². The molecule has 2 saturated carbocycles. The molecule has 31 heavy (non-hydrogen) atoms. The van der Waals surface area contributed by atoms with E-state index in [1.807, 2.05) is 0 Å². The largest absolute Gasteiger partial charge is 0.374 e. The number of benzene rings is 1. The highest BCUT2D eigenvalue weighted by Gasteiger charge is 2.36. The van der Waals surface area contributed by atoms with Crippen LogP contribution in [0.2, 0.25) is 0 Å². The van der Waals surface area contributed by atoms with Crippen molar-refractivity contribution in [3.05, 3.63) is 47.0 Å². The molecule has 0 heterocycles. The van der Waals surface area contributed by atoms with Gasteiger partial charge in [0.2, 0.25) is 0 Å². The molecule has 0 saturated heterocycles. The van der Waals surface area contributed by atoms with E-state index in [-0.39, 0.29) is 0 Å². The Morgan fingerprint density at radius 3 is 2.68 bits per heavy atom. The molecule has 3 aliphatic rings. The highest BCUT2D eigenvalue weighted by Crippen LogP contribution is 2.47. The van der Waals surface area contributed by atoms with Crippen LogP contribution >= 0.6 is 0 Å². The highest BCUT2D eigenvalue weighted by molar-refractivity contribution is 5.36. The van der Waals surface area contributed by atoms with Crippen LogP contribution in [0.15, 0.2) is 30.4 Å². The lowest BCUT2D eigenvalue weighted by Gasteiger charge is -2.42. The van der Waals surface area contributed by atoms with Crippen molar-refractivity contribution < 1.29 is 4.74 Å². The maximum atomic E-state index is 6.10. The summed E-state index contributed by atoms with van der Waals surface area (Å²) >= 11 is 0. The first-order chi connectivity index (χ1) is 15.3. The Balaban J connectivity index is 1.28. The van der Waals surface area contributed by atoms with Gasteiger partial charge in [-0.2, -0.15) is 0 Å². The fourth-order valence-corrected chi connectivity index (χ4v) is 6.80. The Morgan fingerprint density at radius 2 is 1.81 bits per heavy atom. The number of hydrogen-bond acceptors (Lipinski definition) is 1. The van der Waals surface area contributed by atoms with Crippen LogP contribution < -0.4 is 0 Å². The molecule has 5 unspecified atom stereocenters. The monoisotopic (exact) mass is 422 g/mol. The lowest BCUT2D eigenvalue weighted by atomic mass is 9.65. The second-order valence-corrected chi connectivity index (χ2v) is 10.9. The van der Waals surface area contributed by atoms with Gasteiger partial charge in [-0.1, -0.05) is 69.4 Å². The first-order valence-electron chi connectivity index (χ1n) is 13.6. The molecule has 172 valence electrons. The van der Waals surface area contributed by atoms with Gasteiger partial charge in [0.1, 0.15) is 0 Å². The minimum Gasteiger partial charge on any atom is -0.374 e. The molecule has 0 spiro atoms. The van der Waals surface area contributed by atoms with Gasteiger partial charge in [0.05, 0.1) is 12.7 Å². The fourth-order valence-electron chi connectivity index (χ4n) is 6.80. The van der Waals surface area contributed by atoms with Crippen molar-refractivity contribution in [2.75, 3.05) is 6.61 Å². The van der Waals surface area contributed by atoms with Gasteiger partial charge >= 0.3 is 0 Å². The van der Waals surface area contributed by atoms with Crippen molar-refractivity contribution in [3.8, 4) is 0 Å². The quantitative estimate of drug-likeness (QED) is 0.287. The van der Waals surface area contributed by atoms with E-state index < -0.39 is 0 Å². The minimum atomic E-state index is 0.507. The zero-order valence-corrected chi connectivity index (χ0v) is 20.3. The van der Waals surface area contributed by atoms with Crippen LogP contribution in [0.25, 0.3) is 0 Å². The number of aryl methyl sites for hydroxylation is 1. The summed E-state index contributed by atoms with van der Waals surface area (Å²) in [6.07, 6.45) is 24.1. The lowest BCUT2D eigenvalue weighted by Crippen LogP contribution is -2.33. The number of ether oxygens (including phenoxy) is 1. The van der Waals surface area contributed by atoms with E-state index in [9.17, 15) is 0 Å². The first kappa shape index (κ1) is 23.1. The van der Waals surface area contributed by atoms with Crippen LogP contribution in [0.4, 0.5) is 0 Å². The maximum absolute atomic E-state index is 6.10. The van der Waals surface area contributed by atoms with Crippen LogP contribution in [0.5, 0.6) is 0 Å². The van der Waals surface area contributed by atoms with E-state index in [2.05, 4.69) is 44.2 Å². The van der Waals surface area contributed by atoms with E-state index >= 15 is 0 Å². The molecular formula is C30H46O. The summed E-state index contributed by atoms with van der Waals surface area (Å²) in [5.74, 6) is 3.59. The number of unbranched alkanes of at least 4 members (excludes halogenated alkanes) is 3. The molecule has 0 N–H and O–H groups in total. The standard InChI is InChI=1S/C30H46O/c1-3-5-7-8-9-23-10-11-25-20-26(13-12-24(25)19-23)27-14-15-29-22-30(31-18-6-4-2)17-16-28(29)21-27/h4,6,12-13,20,23,27-30H,3,5,7-11,14-19,21-22H2,1-2H3/b6-4+. The van der Waals surface area contributed by atoms with Crippen LogP contribution in [0.1, 0.15) is 114 Å². The Kier molecular flexibility index (Phi) is 8.71. The van der Waals surface area contributed by atoms with Crippen molar-refractivity contribution in [2.45, 2.75) is 116 Å². The second kappa shape index (κ2) is 11.7. The smallest absolute Gasteiger partial charge is 0.0651 e. The number of fused-ring (bicyclic) bond motifs is 2. The summed E-state index contributed by atoms with van der Waals surface area (Å²) in [7, 11) is 0. The third kappa shape index (κ3) is 6.25. The summed E-state index contributed by atoms with van der Waals surface area (Å²) in [6.45, 7) is 5.19. The van der Waals surface area contributed by atoms with Gasteiger partial charge in [-0.25, -0.2) is 0 Å². The summed E-state index contributed by atoms with van der Waals surface area (Å²) in [5.41, 5.74) is 5.01. The third-order valence-corrected chi connectivity index (χ3v) is 8.73. The molecule has 0 amide bonds. The van der Waals surface area contributed by atoms with Gasteiger partial charge in [0.25, 0.3) is 0 Å². The average Bonchev–Trinajstić information content (AvgIpc) is 2.81. The normalized spacial score (nSPS) is 30.8. The molecule has 0 aromatic heterocycles. The SMILES string of the molecule is C/C=C/COC1CCC2CC(c3ccc4c(c3)CCC(CCCCCC)C4)CCC2C1. The Hall–Kier alpha value is -1.08. The van der Waals surface area contributed by atoms with Gasteiger partial charge in [-0.15, -0.1) is 0 Å². The van der Waals surface area contributed by atoms with Crippen molar-refractivity contribution in [2.24, 2.45) is 17.8 Å². The van der Waals surface area contributed by atoms with Crippen LogP contribution in [-0.2, 0) is 17.6 Å². The van der Waals surface area contributed by atoms with Crippen molar-refractivity contribution in [1.82, 2.24) is 0 Å². The van der Waals surface area contributed by atoms with Crippen LogP contribution in [0, 0.1) is 17.8 Å². The molecule has 4 rings (SSSR count). The number of allylic oxidation sites excluding steroid dienone is 1. The maximum Gasteiger partial charge on any atom is 0.0651 e. The molecule has 1 aromatic carbocycles. The Morgan fingerprint density at radius 1 is 0.935 bits per heavy atom. The molecule has 5 atom stereocenters. The molecule has 0 bridgehead atoms. The van der Waals surface area contributed by atoms with Crippen molar-refractivity contribution in [3.63, 3.8) is 0 Å². The van der Waals surface area contributed by atoms with Gasteiger partial charge in [-0.3, -0.25) is 0 Å². The molecule has 1 aromatic rings. The minimum absolute atomic E-state index is 0.507. The summed E-state index contributed by atoms with van der Waals surface area (Å²) in [5, 5.41) is 0. The molecule has 2 fully saturated rings. The second-order valence-electron chi connectivity index (χ2n) is 10.9. The average molecular weight is 423 g/mol.